The van der Waals surface area contributed by atoms with Gasteiger partial charge in [0, 0.05) is 29.9 Å². The van der Waals surface area contributed by atoms with Gasteiger partial charge in [-0.1, -0.05) is 18.2 Å². The minimum atomic E-state index is -1.40. The van der Waals surface area contributed by atoms with Crippen molar-refractivity contribution in [2.24, 2.45) is 0 Å². The summed E-state index contributed by atoms with van der Waals surface area (Å²) in [5.74, 6) is -3.06. The van der Waals surface area contributed by atoms with Gasteiger partial charge in [-0.3, -0.25) is 9.59 Å². The molecule has 1 amide bonds. The van der Waals surface area contributed by atoms with Crippen molar-refractivity contribution >= 4 is 28.7 Å². The van der Waals surface area contributed by atoms with E-state index in [0.717, 1.165) is 16.5 Å². The van der Waals surface area contributed by atoms with Crippen LogP contribution in [0.1, 0.15) is 18.4 Å². The standard InChI is InChI=1S/C16H18N3O5/c17-11(15(21)22)5-6-14(20)19-13(16(23)24)7-9-8-18-12-4-2-1-3-10(9)12/h1-4,8,11,13,17-18H,5-7H2,(H,19,20)(H,21,22)(H,23,24)/t11-,13-/m1/s1. The third kappa shape index (κ3) is 4.32. The van der Waals surface area contributed by atoms with E-state index in [1.807, 2.05) is 24.3 Å². The maximum Gasteiger partial charge on any atom is 0.326 e. The number of rotatable bonds is 8. The molecule has 2 aromatic rings. The van der Waals surface area contributed by atoms with Crippen LogP contribution in [-0.4, -0.2) is 45.1 Å². The number of carboxylic acids is 2. The van der Waals surface area contributed by atoms with Crippen molar-refractivity contribution < 1.29 is 24.6 Å². The highest BCUT2D eigenvalue weighted by molar-refractivity contribution is 5.87. The Labute approximate surface area is 137 Å². The highest BCUT2D eigenvalue weighted by Crippen LogP contribution is 2.19. The van der Waals surface area contributed by atoms with Crippen LogP contribution in [0.2, 0.25) is 0 Å². The molecule has 0 aliphatic rings. The first-order valence-corrected chi connectivity index (χ1v) is 7.39. The molecule has 0 bridgehead atoms. The van der Waals surface area contributed by atoms with Gasteiger partial charge in [0.15, 0.2) is 0 Å². The van der Waals surface area contributed by atoms with Crippen LogP contribution >= 0.6 is 0 Å². The number of amides is 1. The molecule has 0 saturated carbocycles. The first-order valence-electron chi connectivity index (χ1n) is 7.39. The zero-order chi connectivity index (χ0) is 17.7. The zero-order valence-electron chi connectivity index (χ0n) is 12.8. The molecule has 2 rings (SSSR count). The molecule has 1 aromatic heterocycles. The molecule has 8 nitrogen and oxygen atoms in total. The molecule has 8 heteroatoms. The fraction of sp³-hybridized carbons (Fsp3) is 0.312. The molecule has 0 unspecified atom stereocenters. The lowest BCUT2D eigenvalue weighted by Crippen LogP contribution is -2.42. The van der Waals surface area contributed by atoms with Gasteiger partial charge in [0.05, 0.1) is 0 Å². The van der Waals surface area contributed by atoms with Crippen molar-refractivity contribution in [1.29, 1.82) is 0 Å². The van der Waals surface area contributed by atoms with Crippen LogP contribution in [0.15, 0.2) is 30.5 Å². The van der Waals surface area contributed by atoms with Crippen molar-refractivity contribution in [3.8, 4) is 0 Å². The van der Waals surface area contributed by atoms with E-state index in [4.69, 9.17) is 10.8 Å². The second kappa shape index (κ2) is 7.60. The third-order valence-corrected chi connectivity index (χ3v) is 3.69. The summed E-state index contributed by atoms with van der Waals surface area (Å²) in [5, 5.41) is 21.2. The van der Waals surface area contributed by atoms with Crippen LogP contribution in [0.25, 0.3) is 10.9 Å². The summed E-state index contributed by atoms with van der Waals surface area (Å²) >= 11 is 0. The normalized spacial score (nSPS) is 13.4. The third-order valence-electron chi connectivity index (χ3n) is 3.69. The summed E-state index contributed by atoms with van der Waals surface area (Å²) in [6.07, 6.45) is 1.43. The lowest BCUT2D eigenvalue weighted by Gasteiger charge is -2.14. The molecule has 127 valence electrons. The summed E-state index contributed by atoms with van der Waals surface area (Å²) in [5.41, 5.74) is 8.88. The van der Waals surface area contributed by atoms with Gasteiger partial charge >= 0.3 is 11.9 Å². The van der Waals surface area contributed by atoms with Gasteiger partial charge in [-0.2, -0.15) is 0 Å². The van der Waals surface area contributed by atoms with Gasteiger partial charge in [0.2, 0.25) is 5.91 Å². The SMILES string of the molecule is [NH][C@H](CCC(=O)N[C@H](Cc1c[nH]c2ccccc12)C(=O)O)C(=O)O. The molecule has 0 aliphatic heterocycles. The van der Waals surface area contributed by atoms with Crippen LogP contribution < -0.4 is 11.1 Å². The molecular weight excluding hydrogens is 314 g/mol. The molecule has 1 heterocycles. The van der Waals surface area contributed by atoms with Gasteiger partial charge in [-0.05, 0) is 18.1 Å². The largest absolute Gasteiger partial charge is 0.480 e. The van der Waals surface area contributed by atoms with Crippen LogP contribution in [-0.2, 0) is 20.8 Å². The molecule has 0 aliphatic carbocycles. The van der Waals surface area contributed by atoms with E-state index in [2.05, 4.69) is 10.3 Å². The van der Waals surface area contributed by atoms with E-state index in [9.17, 15) is 19.5 Å². The van der Waals surface area contributed by atoms with E-state index >= 15 is 0 Å². The zero-order valence-corrected chi connectivity index (χ0v) is 12.8. The van der Waals surface area contributed by atoms with Gasteiger partial charge in [0.25, 0.3) is 0 Å². The Hall–Kier alpha value is -2.87. The molecule has 1 aromatic carbocycles. The number of carbonyl (C=O) groups is 3. The van der Waals surface area contributed by atoms with Crippen molar-refractivity contribution in [2.45, 2.75) is 31.3 Å². The number of nitrogens with one attached hydrogen (secondary N) is 3. The van der Waals surface area contributed by atoms with Crippen molar-refractivity contribution in [1.82, 2.24) is 16.0 Å². The molecule has 24 heavy (non-hydrogen) atoms. The van der Waals surface area contributed by atoms with Gasteiger partial charge in [-0.25, -0.2) is 10.5 Å². The average Bonchev–Trinajstić information content (AvgIpc) is 2.95. The number of fused-ring (bicyclic) bond motifs is 1. The molecule has 0 fully saturated rings. The predicted octanol–water partition coefficient (Wildman–Crippen LogP) is 0.796. The Morgan fingerprint density at radius 1 is 1.17 bits per heavy atom. The smallest absolute Gasteiger partial charge is 0.326 e. The Bertz CT molecular complexity index is 755. The van der Waals surface area contributed by atoms with E-state index in [0.29, 0.717) is 0 Å². The number of aliphatic carboxylic acids is 2. The minimum absolute atomic E-state index is 0.105. The second-order valence-electron chi connectivity index (χ2n) is 5.45. The number of para-hydroxylation sites is 1. The van der Waals surface area contributed by atoms with Gasteiger partial charge in [0.1, 0.15) is 12.1 Å². The van der Waals surface area contributed by atoms with Crippen LogP contribution in [0.3, 0.4) is 0 Å². The number of hydrogen-bond acceptors (Lipinski definition) is 3. The lowest BCUT2D eigenvalue weighted by atomic mass is 10.0. The summed E-state index contributed by atoms with van der Waals surface area (Å²) in [4.78, 5) is 36.8. The van der Waals surface area contributed by atoms with Crippen LogP contribution in [0.4, 0.5) is 0 Å². The number of aromatic nitrogens is 1. The van der Waals surface area contributed by atoms with E-state index in [1.54, 1.807) is 6.20 Å². The summed E-state index contributed by atoms with van der Waals surface area (Å²) in [7, 11) is 0. The quantitative estimate of drug-likeness (QED) is 0.565. The number of aromatic amines is 1. The monoisotopic (exact) mass is 332 g/mol. The Morgan fingerprint density at radius 2 is 1.88 bits per heavy atom. The van der Waals surface area contributed by atoms with Crippen molar-refractivity contribution in [3.05, 3.63) is 36.0 Å². The number of H-pyrrole nitrogens is 1. The number of benzene rings is 1. The summed E-state index contributed by atoms with van der Waals surface area (Å²) in [6, 6.07) is 4.92. The number of carbonyl (C=O) groups excluding carboxylic acids is 1. The molecule has 0 spiro atoms. The summed E-state index contributed by atoms with van der Waals surface area (Å²) in [6.45, 7) is 0. The molecule has 1 radical (unpaired) electrons. The maximum atomic E-state index is 11.8. The minimum Gasteiger partial charge on any atom is -0.480 e. The number of carboxylic acid groups (broad SMARTS) is 2. The first kappa shape index (κ1) is 17.5. The molecular formula is C16H18N3O5. The average molecular weight is 332 g/mol. The fourth-order valence-electron chi connectivity index (χ4n) is 2.39. The fourth-order valence-corrected chi connectivity index (χ4v) is 2.39. The number of hydrogen-bond donors (Lipinski definition) is 4. The highest BCUT2D eigenvalue weighted by Gasteiger charge is 2.22. The van der Waals surface area contributed by atoms with E-state index in [1.165, 1.54) is 0 Å². The van der Waals surface area contributed by atoms with Crippen LogP contribution in [0, 0.1) is 0 Å². The van der Waals surface area contributed by atoms with Crippen molar-refractivity contribution in [3.63, 3.8) is 0 Å². The molecule has 5 N–H and O–H groups in total. The maximum absolute atomic E-state index is 11.8. The molecule has 2 atom stereocenters. The van der Waals surface area contributed by atoms with E-state index < -0.39 is 29.9 Å². The molecule has 0 saturated heterocycles. The summed E-state index contributed by atoms with van der Waals surface area (Å²) < 4.78 is 0. The first-order chi connectivity index (χ1) is 11.4. The topological polar surface area (TPSA) is 143 Å². The lowest BCUT2D eigenvalue weighted by molar-refractivity contribution is -0.142. The van der Waals surface area contributed by atoms with Crippen molar-refractivity contribution in [2.75, 3.05) is 0 Å². The Morgan fingerprint density at radius 3 is 2.54 bits per heavy atom. The predicted molar refractivity (Wildman–Crippen MR) is 85.3 cm³/mol. The Kier molecular flexibility index (Phi) is 5.54. The van der Waals surface area contributed by atoms with E-state index in [-0.39, 0.29) is 19.3 Å². The van der Waals surface area contributed by atoms with Gasteiger partial charge in [-0.15, -0.1) is 0 Å². The second-order valence-corrected chi connectivity index (χ2v) is 5.45. The highest BCUT2D eigenvalue weighted by atomic mass is 16.4. The van der Waals surface area contributed by atoms with Gasteiger partial charge < -0.3 is 20.5 Å². The Balaban J connectivity index is 2.01. The van der Waals surface area contributed by atoms with Crippen LogP contribution in [0.5, 0.6) is 0 Å².